The molecule has 0 aliphatic carbocycles. The molecule has 5 nitrogen and oxygen atoms in total. The van der Waals surface area contributed by atoms with Gasteiger partial charge < -0.3 is 9.30 Å². The number of H-pyrrole nitrogens is 1. The Morgan fingerprint density at radius 1 is 1.14 bits per heavy atom. The van der Waals surface area contributed by atoms with Crippen LogP contribution in [0.1, 0.15) is 29.3 Å². The lowest BCUT2D eigenvalue weighted by molar-refractivity contribution is 0.415. The molecule has 1 unspecified atom stereocenters. The Morgan fingerprint density at radius 2 is 1.89 bits per heavy atom. The average molecular weight is 383 g/mol. The largest absolute Gasteiger partial charge is 0.497 e. The Balaban J connectivity index is 1.93. The van der Waals surface area contributed by atoms with E-state index in [4.69, 9.17) is 4.74 Å². The third kappa shape index (κ3) is 3.35. The zero-order valence-electron chi connectivity index (χ0n) is 15.5. The lowest BCUT2D eigenvalue weighted by Crippen LogP contribution is -2.32. The number of hydrogen-bond donors (Lipinski definition) is 1. The van der Waals surface area contributed by atoms with E-state index in [1.807, 2.05) is 23.6 Å². The molecule has 0 saturated carbocycles. The minimum absolute atomic E-state index is 0.267. The SMILES string of the molecule is COc1ccc(C)c(/N=c2\[nH]c(=O)cc3n2C(c2cc(F)cc(F)c2)CC3)c1. The van der Waals surface area contributed by atoms with Gasteiger partial charge in [0.2, 0.25) is 5.62 Å². The summed E-state index contributed by atoms with van der Waals surface area (Å²) in [4.78, 5) is 19.5. The molecule has 1 aromatic heterocycles. The summed E-state index contributed by atoms with van der Waals surface area (Å²) in [6, 6.07) is 10.2. The number of methoxy groups -OCH3 is 1. The Morgan fingerprint density at radius 3 is 2.61 bits per heavy atom. The third-order valence-electron chi connectivity index (χ3n) is 4.97. The second-order valence-electron chi connectivity index (χ2n) is 6.84. The maximum Gasteiger partial charge on any atom is 0.252 e. The number of fused-ring (bicyclic) bond motifs is 1. The molecule has 7 heteroatoms. The van der Waals surface area contributed by atoms with Crippen LogP contribution in [0.25, 0.3) is 0 Å². The van der Waals surface area contributed by atoms with Crippen molar-refractivity contribution in [3.8, 4) is 5.75 Å². The van der Waals surface area contributed by atoms with Gasteiger partial charge in [-0.15, -0.1) is 0 Å². The fraction of sp³-hybridized carbons (Fsp3) is 0.238. The van der Waals surface area contributed by atoms with Crippen molar-refractivity contribution in [2.75, 3.05) is 7.11 Å². The minimum Gasteiger partial charge on any atom is -0.497 e. The normalized spacial score (nSPS) is 16.3. The van der Waals surface area contributed by atoms with E-state index in [-0.39, 0.29) is 11.6 Å². The molecule has 0 bridgehead atoms. The van der Waals surface area contributed by atoms with Crippen molar-refractivity contribution in [1.29, 1.82) is 0 Å². The van der Waals surface area contributed by atoms with Crippen LogP contribution in [0.3, 0.4) is 0 Å². The molecular formula is C21H19F2N3O2. The highest BCUT2D eigenvalue weighted by atomic mass is 19.1. The molecule has 2 heterocycles. The zero-order chi connectivity index (χ0) is 19.8. The molecule has 144 valence electrons. The van der Waals surface area contributed by atoms with Crippen molar-refractivity contribution in [3.63, 3.8) is 0 Å². The molecule has 0 amide bonds. The van der Waals surface area contributed by atoms with Gasteiger partial charge in [-0.25, -0.2) is 13.8 Å². The Hall–Kier alpha value is -3.22. The Kier molecular flexibility index (Phi) is 4.58. The van der Waals surface area contributed by atoms with Gasteiger partial charge in [-0.1, -0.05) is 6.07 Å². The maximum atomic E-state index is 13.8. The van der Waals surface area contributed by atoms with Gasteiger partial charge in [0.1, 0.15) is 17.4 Å². The first-order chi connectivity index (χ1) is 13.4. The summed E-state index contributed by atoms with van der Waals surface area (Å²) in [5, 5.41) is 0. The van der Waals surface area contributed by atoms with E-state index in [0.717, 1.165) is 17.3 Å². The van der Waals surface area contributed by atoms with Crippen LogP contribution in [-0.2, 0) is 6.42 Å². The maximum absolute atomic E-state index is 13.8. The van der Waals surface area contributed by atoms with Gasteiger partial charge in [0.25, 0.3) is 5.56 Å². The number of aryl methyl sites for hydroxylation is 2. The number of aromatic amines is 1. The second kappa shape index (κ2) is 7.07. The summed E-state index contributed by atoms with van der Waals surface area (Å²) in [6.45, 7) is 1.91. The molecule has 1 atom stereocenters. The van der Waals surface area contributed by atoms with E-state index in [2.05, 4.69) is 9.98 Å². The van der Waals surface area contributed by atoms with Crippen molar-refractivity contribution < 1.29 is 13.5 Å². The molecule has 28 heavy (non-hydrogen) atoms. The average Bonchev–Trinajstić information content (AvgIpc) is 3.06. The van der Waals surface area contributed by atoms with Gasteiger partial charge in [0.15, 0.2) is 0 Å². The predicted molar refractivity (Wildman–Crippen MR) is 101 cm³/mol. The van der Waals surface area contributed by atoms with Crippen LogP contribution >= 0.6 is 0 Å². The molecule has 1 aliphatic rings. The molecule has 0 spiro atoms. The van der Waals surface area contributed by atoms with Crippen LogP contribution in [0.4, 0.5) is 14.5 Å². The van der Waals surface area contributed by atoms with Crippen molar-refractivity contribution in [2.24, 2.45) is 4.99 Å². The lowest BCUT2D eigenvalue weighted by atomic mass is 10.0. The highest BCUT2D eigenvalue weighted by Gasteiger charge is 2.25. The van der Waals surface area contributed by atoms with E-state index in [1.54, 1.807) is 13.2 Å². The summed E-state index contributed by atoms with van der Waals surface area (Å²) in [6.07, 6.45) is 1.24. The summed E-state index contributed by atoms with van der Waals surface area (Å²) < 4.78 is 34.6. The third-order valence-corrected chi connectivity index (χ3v) is 4.97. The fourth-order valence-electron chi connectivity index (χ4n) is 3.63. The van der Waals surface area contributed by atoms with Crippen molar-refractivity contribution in [2.45, 2.75) is 25.8 Å². The lowest BCUT2D eigenvalue weighted by Gasteiger charge is -2.16. The number of nitrogens with zero attached hydrogens (tertiary/aromatic N) is 2. The minimum atomic E-state index is -0.629. The Labute approximate surface area is 160 Å². The number of halogens is 2. The number of ether oxygens (including phenoxy) is 1. The molecule has 3 aromatic rings. The first-order valence-corrected chi connectivity index (χ1v) is 8.94. The number of aromatic nitrogens is 2. The smallest absolute Gasteiger partial charge is 0.252 e. The first-order valence-electron chi connectivity index (χ1n) is 8.94. The molecule has 4 rings (SSSR count). The van der Waals surface area contributed by atoms with E-state index in [1.165, 1.54) is 18.2 Å². The van der Waals surface area contributed by atoms with E-state index in [0.29, 0.717) is 35.5 Å². The topological polar surface area (TPSA) is 59.4 Å². The summed E-state index contributed by atoms with van der Waals surface area (Å²) in [5.74, 6) is -0.612. The number of rotatable bonds is 3. The van der Waals surface area contributed by atoms with E-state index in [9.17, 15) is 13.6 Å². The summed E-state index contributed by atoms with van der Waals surface area (Å²) >= 11 is 0. The highest BCUT2D eigenvalue weighted by molar-refractivity contribution is 5.50. The fourth-order valence-corrected chi connectivity index (χ4v) is 3.63. The van der Waals surface area contributed by atoms with Gasteiger partial charge in [-0.2, -0.15) is 0 Å². The summed E-state index contributed by atoms with van der Waals surface area (Å²) in [5.41, 5.74) is 2.91. The van der Waals surface area contributed by atoms with E-state index < -0.39 is 11.6 Å². The highest BCUT2D eigenvalue weighted by Crippen LogP contribution is 2.31. The van der Waals surface area contributed by atoms with Crippen molar-refractivity contribution >= 4 is 5.69 Å². The Bertz CT molecular complexity index is 1160. The van der Waals surface area contributed by atoms with E-state index >= 15 is 0 Å². The van der Waals surface area contributed by atoms with Crippen LogP contribution in [-0.4, -0.2) is 16.7 Å². The van der Waals surface area contributed by atoms with Crippen LogP contribution in [0.2, 0.25) is 0 Å². The van der Waals surface area contributed by atoms with Gasteiger partial charge in [0.05, 0.1) is 18.8 Å². The number of hydrogen-bond acceptors (Lipinski definition) is 3. The van der Waals surface area contributed by atoms with Gasteiger partial charge in [0, 0.05) is 23.9 Å². The predicted octanol–water partition coefficient (Wildman–Crippen LogP) is 3.54. The monoisotopic (exact) mass is 383 g/mol. The second-order valence-corrected chi connectivity index (χ2v) is 6.84. The first kappa shape index (κ1) is 18.2. The molecule has 1 N–H and O–H groups in total. The number of nitrogens with one attached hydrogen (secondary N) is 1. The van der Waals surface area contributed by atoms with Crippen molar-refractivity contribution in [3.05, 3.63) is 86.9 Å². The standard InChI is InChI=1S/C21H19F2N3O2/c1-12-3-5-17(28-2)11-18(12)24-21-25-20(27)10-16-4-6-19(26(16)21)13-7-14(22)9-15(23)8-13/h3,5,7-11,19H,4,6H2,1-2H3,(H,24,25,27). The zero-order valence-corrected chi connectivity index (χ0v) is 15.5. The van der Waals surface area contributed by atoms with Gasteiger partial charge >= 0.3 is 0 Å². The molecule has 0 saturated heterocycles. The molecule has 0 radical (unpaired) electrons. The van der Waals surface area contributed by atoms with Crippen LogP contribution in [0.5, 0.6) is 5.75 Å². The van der Waals surface area contributed by atoms with Gasteiger partial charge in [-0.3, -0.25) is 9.78 Å². The van der Waals surface area contributed by atoms with Crippen LogP contribution in [0.15, 0.2) is 52.3 Å². The quantitative estimate of drug-likeness (QED) is 0.752. The van der Waals surface area contributed by atoms with Crippen molar-refractivity contribution in [1.82, 2.24) is 9.55 Å². The molecule has 1 aliphatic heterocycles. The van der Waals surface area contributed by atoms with Crippen LogP contribution in [0, 0.1) is 18.6 Å². The number of benzene rings is 2. The summed E-state index contributed by atoms with van der Waals surface area (Å²) in [7, 11) is 1.57. The molecule has 2 aromatic carbocycles. The molecule has 0 fully saturated rings. The van der Waals surface area contributed by atoms with Gasteiger partial charge in [-0.05, 0) is 49.1 Å². The van der Waals surface area contributed by atoms with Crippen LogP contribution < -0.4 is 15.9 Å². The molecular weight excluding hydrogens is 364 g/mol.